The molecule has 0 radical (unpaired) electrons. The number of ether oxygens (including phenoxy) is 1. The molecule has 1 fully saturated rings. The maximum absolute atomic E-state index is 14.2. The van der Waals surface area contributed by atoms with Crippen LogP contribution in [0, 0.1) is 13.8 Å². The third-order valence-electron chi connectivity index (χ3n) is 7.87. The summed E-state index contributed by atoms with van der Waals surface area (Å²) in [6.45, 7) is 5.26. The molecule has 0 spiro atoms. The fourth-order valence-corrected chi connectivity index (χ4v) is 7.47. The van der Waals surface area contributed by atoms with Crippen molar-refractivity contribution in [3.05, 3.63) is 87.9 Å². The van der Waals surface area contributed by atoms with Crippen molar-refractivity contribution in [3.63, 3.8) is 0 Å². The molecular weight excluding hydrogens is 630 g/mol. The van der Waals surface area contributed by atoms with Crippen molar-refractivity contribution in [2.45, 2.75) is 76.4 Å². The zero-order chi connectivity index (χ0) is 31.1. The highest BCUT2D eigenvalue weighted by atomic mass is 79.9. The lowest BCUT2D eigenvalue weighted by molar-refractivity contribution is -0.139. The molecular formula is C33H40BrN3O5S. The molecule has 0 saturated heterocycles. The molecule has 8 nitrogen and oxygen atoms in total. The van der Waals surface area contributed by atoms with Crippen LogP contribution in [-0.4, -0.2) is 50.9 Å². The Morgan fingerprint density at radius 3 is 2.30 bits per heavy atom. The van der Waals surface area contributed by atoms with Gasteiger partial charge in [-0.1, -0.05) is 66.8 Å². The van der Waals surface area contributed by atoms with Crippen molar-refractivity contribution in [1.29, 1.82) is 0 Å². The summed E-state index contributed by atoms with van der Waals surface area (Å²) in [5.41, 5.74) is 3.18. The van der Waals surface area contributed by atoms with Gasteiger partial charge in [0.05, 0.1) is 22.2 Å². The number of rotatable bonds is 11. The van der Waals surface area contributed by atoms with E-state index < -0.39 is 28.5 Å². The van der Waals surface area contributed by atoms with E-state index in [-0.39, 0.29) is 23.4 Å². The Morgan fingerprint density at radius 2 is 1.67 bits per heavy atom. The molecule has 230 valence electrons. The van der Waals surface area contributed by atoms with Gasteiger partial charge in [0.2, 0.25) is 11.8 Å². The van der Waals surface area contributed by atoms with E-state index in [1.165, 1.54) is 24.1 Å². The van der Waals surface area contributed by atoms with Crippen LogP contribution < -0.4 is 14.4 Å². The SMILES string of the molecule is COc1ccc(S(=O)(=O)N(CC(=O)N(Cc2cccc(C)c2)[C@@H](C)C(=O)NC2CCCCC2)c2ccc(C)cc2)cc1Br. The van der Waals surface area contributed by atoms with Gasteiger partial charge < -0.3 is 15.0 Å². The smallest absolute Gasteiger partial charge is 0.264 e. The number of nitrogens with one attached hydrogen (secondary N) is 1. The van der Waals surface area contributed by atoms with Gasteiger partial charge in [-0.05, 0) is 85.4 Å². The number of hydrogen-bond donors (Lipinski definition) is 1. The van der Waals surface area contributed by atoms with Crippen LogP contribution in [0.3, 0.4) is 0 Å². The molecule has 1 N–H and O–H groups in total. The van der Waals surface area contributed by atoms with E-state index in [4.69, 9.17) is 4.74 Å². The van der Waals surface area contributed by atoms with Crippen molar-refractivity contribution >= 4 is 43.5 Å². The Hall–Kier alpha value is -3.37. The molecule has 10 heteroatoms. The van der Waals surface area contributed by atoms with Crippen LogP contribution in [0.4, 0.5) is 5.69 Å². The van der Waals surface area contributed by atoms with Gasteiger partial charge in [-0.3, -0.25) is 13.9 Å². The highest BCUT2D eigenvalue weighted by Gasteiger charge is 2.33. The molecule has 0 bridgehead atoms. The normalized spacial score (nSPS) is 14.5. The number of methoxy groups -OCH3 is 1. The van der Waals surface area contributed by atoms with Gasteiger partial charge in [0, 0.05) is 12.6 Å². The summed E-state index contributed by atoms with van der Waals surface area (Å²) in [4.78, 5) is 29.1. The Kier molecular flexibility index (Phi) is 10.9. The van der Waals surface area contributed by atoms with Crippen molar-refractivity contribution in [2.75, 3.05) is 18.0 Å². The van der Waals surface area contributed by atoms with E-state index >= 15 is 0 Å². The number of hydrogen-bond acceptors (Lipinski definition) is 5. The molecule has 1 aliphatic carbocycles. The second-order valence-corrected chi connectivity index (χ2v) is 13.9. The molecule has 0 unspecified atom stereocenters. The van der Waals surface area contributed by atoms with Gasteiger partial charge in [-0.25, -0.2) is 8.42 Å². The quantitative estimate of drug-likeness (QED) is 0.265. The summed E-state index contributed by atoms with van der Waals surface area (Å²) in [7, 11) is -2.69. The summed E-state index contributed by atoms with van der Waals surface area (Å²) in [5.74, 6) is -0.236. The highest BCUT2D eigenvalue weighted by Crippen LogP contribution is 2.31. The van der Waals surface area contributed by atoms with Crippen LogP contribution in [0.1, 0.15) is 55.7 Å². The predicted octanol–water partition coefficient (Wildman–Crippen LogP) is 6.14. The molecule has 1 aliphatic rings. The molecule has 3 aromatic carbocycles. The van der Waals surface area contributed by atoms with E-state index in [1.54, 1.807) is 37.3 Å². The van der Waals surface area contributed by atoms with Crippen LogP contribution in [0.2, 0.25) is 0 Å². The van der Waals surface area contributed by atoms with E-state index in [0.29, 0.717) is 15.9 Å². The molecule has 2 amide bonds. The minimum atomic E-state index is -4.19. The number of aryl methyl sites for hydroxylation is 2. The molecule has 43 heavy (non-hydrogen) atoms. The van der Waals surface area contributed by atoms with Crippen molar-refractivity contribution in [1.82, 2.24) is 10.2 Å². The fourth-order valence-electron chi connectivity index (χ4n) is 5.33. The minimum Gasteiger partial charge on any atom is -0.496 e. The third kappa shape index (κ3) is 8.17. The first-order valence-electron chi connectivity index (χ1n) is 14.6. The summed E-state index contributed by atoms with van der Waals surface area (Å²) < 4.78 is 35.1. The Bertz CT molecular complexity index is 1540. The summed E-state index contributed by atoms with van der Waals surface area (Å²) in [5, 5.41) is 3.13. The maximum atomic E-state index is 14.2. The summed E-state index contributed by atoms with van der Waals surface area (Å²) in [6.07, 6.45) is 5.13. The van der Waals surface area contributed by atoms with Gasteiger partial charge in [0.25, 0.3) is 10.0 Å². The number of halogens is 1. The van der Waals surface area contributed by atoms with E-state index in [0.717, 1.165) is 53.1 Å². The summed E-state index contributed by atoms with van der Waals surface area (Å²) in [6, 6.07) is 18.5. The molecule has 1 atom stereocenters. The van der Waals surface area contributed by atoms with Gasteiger partial charge in [-0.2, -0.15) is 0 Å². The Balaban J connectivity index is 1.69. The number of carbonyl (C=O) groups is 2. The van der Waals surface area contributed by atoms with Crippen molar-refractivity contribution in [3.8, 4) is 5.75 Å². The number of sulfonamides is 1. The molecule has 0 aromatic heterocycles. The zero-order valence-corrected chi connectivity index (χ0v) is 27.6. The molecule has 1 saturated carbocycles. The first-order chi connectivity index (χ1) is 20.5. The topological polar surface area (TPSA) is 96.0 Å². The molecule has 0 aliphatic heterocycles. The number of carbonyl (C=O) groups excluding carboxylic acids is 2. The van der Waals surface area contributed by atoms with Crippen LogP contribution in [0.5, 0.6) is 5.75 Å². The number of benzene rings is 3. The number of amides is 2. The van der Waals surface area contributed by atoms with E-state index in [2.05, 4.69) is 21.2 Å². The minimum absolute atomic E-state index is 0.00174. The average Bonchev–Trinajstić information content (AvgIpc) is 2.99. The van der Waals surface area contributed by atoms with E-state index in [9.17, 15) is 18.0 Å². The standard InChI is InChI=1S/C33H40BrN3O5S/c1-23-13-15-28(16-14-23)37(43(40,41)29-17-18-31(42-4)30(34)20-29)22-32(38)36(21-26-10-8-9-24(2)19-26)25(3)33(39)35-27-11-6-5-7-12-27/h8-10,13-20,25,27H,5-7,11-12,21-22H2,1-4H3,(H,35,39)/t25-/m0/s1. The van der Waals surface area contributed by atoms with Crippen molar-refractivity contribution in [2.24, 2.45) is 0 Å². The average molecular weight is 671 g/mol. The fraction of sp³-hybridized carbons (Fsp3) is 0.394. The summed E-state index contributed by atoms with van der Waals surface area (Å²) >= 11 is 3.38. The number of anilines is 1. The first-order valence-corrected chi connectivity index (χ1v) is 16.8. The maximum Gasteiger partial charge on any atom is 0.264 e. The van der Waals surface area contributed by atoms with Crippen LogP contribution in [0.15, 0.2) is 76.1 Å². The van der Waals surface area contributed by atoms with Crippen LogP contribution in [-0.2, 0) is 26.2 Å². The Labute approximate surface area is 263 Å². The van der Waals surface area contributed by atoms with Gasteiger partial charge in [0.1, 0.15) is 18.3 Å². The number of nitrogens with zero attached hydrogens (tertiary/aromatic N) is 2. The van der Waals surface area contributed by atoms with Gasteiger partial charge in [-0.15, -0.1) is 0 Å². The third-order valence-corrected chi connectivity index (χ3v) is 10.3. The second-order valence-electron chi connectivity index (χ2n) is 11.2. The van der Waals surface area contributed by atoms with E-state index in [1.807, 2.05) is 38.1 Å². The second kappa shape index (κ2) is 14.4. The first kappa shape index (κ1) is 32.5. The Morgan fingerprint density at radius 1 is 0.977 bits per heavy atom. The highest BCUT2D eigenvalue weighted by molar-refractivity contribution is 9.10. The predicted molar refractivity (Wildman–Crippen MR) is 173 cm³/mol. The van der Waals surface area contributed by atoms with Gasteiger partial charge in [0.15, 0.2) is 0 Å². The lowest BCUT2D eigenvalue weighted by Crippen LogP contribution is -2.53. The molecule has 3 aromatic rings. The largest absolute Gasteiger partial charge is 0.496 e. The molecule has 0 heterocycles. The van der Waals surface area contributed by atoms with Crippen LogP contribution in [0.25, 0.3) is 0 Å². The van der Waals surface area contributed by atoms with Crippen LogP contribution >= 0.6 is 15.9 Å². The zero-order valence-electron chi connectivity index (χ0n) is 25.2. The lowest BCUT2D eigenvalue weighted by atomic mass is 9.95. The van der Waals surface area contributed by atoms with Crippen molar-refractivity contribution < 1.29 is 22.7 Å². The molecule has 4 rings (SSSR count). The lowest BCUT2D eigenvalue weighted by Gasteiger charge is -2.33. The van der Waals surface area contributed by atoms with Gasteiger partial charge >= 0.3 is 0 Å². The monoisotopic (exact) mass is 669 g/mol.